The highest BCUT2D eigenvalue weighted by Crippen LogP contribution is 2.41. The molecule has 15 heavy (non-hydrogen) atoms. The standard InChI is InChI=1S/C12H22N2.ClH/c13-7-10-5-11-3-4-12(6-10)14(11)8-9-1-2-9;/h9-12H,1-8,13H2;1H. The van der Waals surface area contributed by atoms with Crippen LogP contribution >= 0.6 is 12.4 Å². The zero-order valence-corrected chi connectivity index (χ0v) is 10.2. The molecule has 0 radical (unpaired) electrons. The Morgan fingerprint density at radius 3 is 2.00 bits per heavy atom. The Morgan fingerprint density at radius 2 is 1.53 bits per heavy atom. The molecule has 2 unspecified atom stereocenters. The van der Waals surface area contributed by atoms with E-state index in [4.69, 9.17) is 5.73 Å². The van der Waals surface area contributed by atoms with Gasteiger partial charge in [-0.3, -0.25) is 4.90 Å². The average Bonchev–Trinajstić information content (AvgIpc) is 2.95. The van der Waals surface area contributed by atoms with Gasteiger partial charge in [0.1, 0.15) is 0 Å². The summed E-state index contributed by atoms with van der Waals surface area (Å²) in [6, 6.07) is 1.81. The fraction of sp³-hybridized carbons (Fsp3) is 1.00. The molecule has 1 saturated carbocycles. The van der Waals surface area contributed by atoms with Gasteiger partial charge in [-0.1, -0.05) is 0 Å². The van der Waals surface area contributed by atoms with Crippen LogP contribution in [0.25, 0.3) is 0 Å². The highest BCUT2D eigenvalue weighted by Gasteiger charge is 2.41. The van der Waals surface area contributed by atoms with E-state index in [0.717, 1.165) is 30.5 Å². The number of halogens is 1. The molecule has 2 heterocycles. The van der Waals surface area contributed by atoms with Crippen LogP contribution in [-0.2, 0) is 0 Å². The fourth-order valence-electron chi connectivity index (χ4n) is 3.48. The van der Waals surface area contributed by atoms with Crippen LogP contribution in [0.15, 0.2) is 0 Å². The van der Waals surface area contributed by atoms with E-state index in [2.05, 4.69) is 4.90 Å². The normalized spacial score (nSPS) is 40.2. The number of rotatable bonds is 3. The Bertz CT molecular complexity index is 204. The highest BCUT2D eigenvalue weighted by atomic mass is 35.5. The fourth-order valence-corrected chi connectivity index (χ4v) is 3.48. The first kappa shape index (κ1) is 11.7. The minimum Gasteiger partial charge on any atom is -0.330 e. The van der Waals surface area contributed by atoms with Crippen molar-refractivity contribution in [3.63, 3.8) is 0 Å². The van der Waals surface area contributed by atoms with Crippen LogP contribution in [0, 0.1) is 11.8 Å². The predicted molar refractivity (Wildman–Crippen MR) is 65.3 cm³/mol. The lowest BCUT2D eigenvalue weighted by atomic mass is 9.90. The Labute approximate surface area is 99.0 Å². The molecule has 3 fully saturated rings. The molecule has 0 aromatic heterocycles. The number of fused-ring (bicyclic) bond motifs is 2. The van der Waals surface area contributed by atoms with E-state index < -0.39 is 0 Å². The summed E-state index contributed by atoms with van der Waals surface area (Å²) in [6.07, 6.45) is 8.67. The first-order chi connectivity index (χ1) is 6.86. The molecule has 3 heteroatoms. The van der Waals surface area contributed by atoms with Crippen molar-refractivity contribution in [2.45, 2.75) is 50.6 Å². The summed E-state index contributed by atoms with van der Waals surface area (Å²) in [5.74, 6) is 1.90. The molecular weight excluding hydrogens is 208 g/mol. The molecule has 0 spiro atoms. The second-order valence-electron chi connectivity index (χ2n) is 5.60. The second-order valence-corrected chi connectivity index (χ2v) is 5.60. The molecule has 0 aromatic rings. The van der Waals surface area contributed by atoms with Gasteiger partial charge in [-0.25, -0.2) is 0 Å². The molecule has 2 atom stereocenters. The van der Waals surface area contributed by atoms with Gasteiger partial charge in [0.25, 0.3) is 0 Å². The van der Waals surface area contributed by atoms with Crippen molar-refractivity contribution in [2.24, 2.45) is 17.6 Å². The third kappa shape index (κ3) is 2.32. The smallest absolute Gasteiger partial charge is 0.0102 e. The molecule has 2 aliphatic heterocycles. The van der Waals surface area contributed by atoms with Gasteiger partial charge in [0, 0.05) is 18.6 Å². The molecule has 3 rings (SSSR count). The summed E-state index contributed by atoms with van der Waals surface area (Å²) in [6.45, 7) is 2.33. The van der Waals surface area contributed by atoms with Crippen LogP contribution in [0.5, 0.6) is 0 Å². The molecular formula is C12H23ClN2. The topological polar surface area (TPSA) is 29.3 Å². The number of hydrogen-bond donors (Lipinski definition) is 1. The van der Waals surface area contributed by atoms with Crippen molar-refractivity contribution in [2.75, 3.05) is 13.1 Å². The third-order valence-electron chi connectivity index (χ3n) is 4.48. The van der Waals surface area contributed by atoms with Crippen molar-refractivity contribution in [3.8, 4) is 0 Å². The van der Waals surface area contributed by atoms with Gasteiger partial charge >= 0.3 is 0 Å². The molecule has 3 aliphatic rings. The zero-order valence-electron chi connectivity index (χ0n) is 9.40. The van der Waals surface area contributed by atoms with E-state index in [-0.39, 0.29) is 12.4 Å². The van der Waals surface area contributed by atoms with E-state index in [9.17, 15) is 0 Å². The maximum atomic E-state index is 5.80. The lowest BCUT2D eigenvalue weighted by Crippen LogP contribution is -2.45. The van der Waals surface area contributed by atoms with Crippen LogP contribution in [-0.4, -0.2) is 30.1 Å². The summed E-state index contributed by atoms with van der Waals surface area (Å²) in [4.78, 5) is 2.82. The molecule has 88 valence electrons. The first-order valence-corrected chi connectivity index (χ1v) is 6.32. The highest BCUT2D eigenvalue weighted by molar-refractivity contribution is 5.85. The molecule has 2 N–H and O–H groups in total. The minimum atomic E-state index is 0. The van der Waals surface area contributed by atoms with Crippen LogP contribution in [0.4, 0.5) is 0 Å². The SMILES string of the molecule is Cl.NCC1CC2CCC(C1)N2CC1CC1. The quantitative estimate of drug-likeness (QED) is 0.804. The summed E-state index contributed by atoms with van der Waals surface area (Å²) >= 11 is 0. The largest absolute Gasteiger partial charge is 0.330 e. The van der Waals surface area contributed by atoms with Gasteiger partial charge in [0.15, 0.2) is 0 Å². The Morgan fingerprint density at radius 1 is 0.933 bits per heavy atom. The first-order valence-electron chi connectivity index (χ1n) is 6.32. The number of hydrogen-bond acceptors (Lipinski definition) is 2. The zero-order chi connectivity index (χ0) is 9.54. The number of nitrogens with zero attached hydrogens (tertiary/aromatic N) is 1. The Hall–Kier alpha value is 0.210. The van der Waals surface area contributed by atoms with Gasteiger partial charge < -0.3 is 5.73 Å². The van der Waals surface area contributed by atoms with Crippen molar-refractivity contribution in [3.05, 3.63) is 0 Å². The molecule has 0 amide bonds. The molecule has 2 nitrogen and oxygen atoms in total. The van der Waals surface area contributed by atoms with Crippen LogP contribution < -0.4 is 5.73 Å². The Kier molecular flexibility index (Phi) is 3.59. The van der Waals surface area contributed by atoms with Crippen molar-refractivity contribution >= 4 is 12.4 Å². The minimum absolute atomic E-state index is 0. The monoisotopic (exact) mass is 230 g/mol. The van der Waals surface area contributed by atoms with Crippen LogP contribution in [0.3, 0.4) is 0 Å². The van der Waals surface area contributed by atoms with Crippen molar-refractivity contribution in [1.29, 1.82) is 0 Å². The number of nitrogens with two attached hydrogens (primary N) is 1. The van der Waals surface area contributed by atoms with Crippen LogP contribution in [0.1, 0.15) is 38.5 Å². The second kappa shape index (κ2) is 4.60. The summed E-state index contributed by atoms with van der Waals surface area (Å²) in [5, 5.41) is 0. The van der Waals surface area contributed by atoms with E-state index in [1.54, 1.807) is 0 Å². The van der Waals surface area contributed by atoms with Crippen molar-refractivity contribution in [1.82, 2.24) is 4.90 Å². The molecule has 1 aliphatic carbocycles. The Balaban J connectivity index is 0.000000853. The summed E-state index contributed by atoms with van der Waals surface area (Å²) < 4.78 is 0. The van der Waals surface area contributed by atoms with Gasteiger partial charge in [-0.05, 0) is 56.9 Å². The predicted octanol–water partition coefficient (Wildman–Crippen LogP) is 2.02. The van der Waals surface area contributed by atoms with Gasteiger partial charge in [0.2, 0.25) is 0 Å². The third-order valence-corrected chi connectivity index (χ3v) is 4.48. The van der Waals surface area contributed by atoms with Crippen LogP contribution in [0.2, 0.25) is 0 Å². The van der Waals surface area contributed by atoms with E-state index in [1.165, 1.54) is 45.1 Å². The van der Waals surface area contributed by atoms with E-state index in [1.807, 2.05) is 0 Å². The number of piperidine rings is 1. The lowest BCUT2D eigenvalue weighted by Gasteiger charge is -2.38. The van der Waals surface area contributed by atoms with E-state index >= 15 is 0 Å². The van der Waals surface area contributed by atoms with Crippen molar-refractivity contribution < 1.29 is 0 Å². The maximum Gasteiger partial charge on any atom is 0.0102 e. The average molecular weight is 231 g/mol. The maximum absolute atomic E-state index is 5.80. The molecule has 2 saturated heterocycles. The summed E-state index contributed by atoms with van der Waals surface area (Å²) in [7, 11) is 0. The molecule has 2 bridgehead atoms. The van der Waals surface area contributed by atoms with E-state index in [0.29, 0.717) is 0 Å². The van der Waals surface area contributed by atoms with Gasteiger partial charge in [-0.2, -0.15) is 0 Å². The summed E-state index contributed by atoms with van der Waals surface area (Å²) in [5.41, 5.74) is 5.80. The molecule has 0 aromatic carbocycles. The lowest BCUT2D eigenvalue weighted by molar-refractivity contribution is 0.101. The van der Waals surface area contributed by atoms with Gasteiger partial charge in [0.05, 0.1) is 0 Å². The van der Waals surface area contributed by atoms with Gasteiger partial charge in [-0.15, -0.1) is 12.4 Å².